The monoisotopic (exact) mass is 424 g/mol. The Labute approximate surface area is 178 Å². The van der Waals surface area contributed by atoms with E-state index in [-0.39, 0.29) is 23.8 Å². The lowest BCUT2D eigenvalue weighted by Crippen LogP contribution is -2.38. The summed E-state index contributed by atoms with van der Waals surface area (Å²) in [5.74, 6) is 1.27. The first-order chi connectivity index (χ1) is 14.7. The highest BCUT2D eigenvalue weighted by atomic mass is 32.2. The molecule has 2 aliphatic heterocycles. The lowest BCUT2D eigenvalue weighted by atomic mass is 9.97. The minimum atomic E-state index is -0.357. The van der Waals surface area contributed by atoms with E-state index >= 15 is 0 Å². The summed E-state index contributed by atoms with van der Waals surface area (Å²) in [6, 6.07) is 11.5. The molecule has 1 aromatic carbocycles. The van der Waals surface area contributed by atoms with Gasteiger partial charge in [0.15, 0.2) is 6.29 Å². The van der Waals surface area contributed by atoms with Crippen LogP contribution in [0.5, 0.6) is 5.75 Å². The quantitative estimate of drug-likeness (QED) is 0.697. The normalized spacial score (nSPS) is 17.0. The standard InChI is InChI=1S/C21H20N4O4S/c22-8-16-19(13-2-4-14(5-3-13)29-15-10-26-11-15)17(9-23)21(25-20(16)24)30-12-18-27-6-1-7-28-18/h2-5,15,18H,1,6-7,10-12H2,(H2,24,25). The van der Waals surface area contributed by atoms with Gasteiger partial charge in [-0.3, -0.25) is 0 Å². The number of nitrogens with zero attached hydrogens (tertiary/aromatic N) is 3. The number of aromatic nitrogens is 1. The molecule has 9 heteroatoms. The summed E-state index contributed by atoms with van der Waals surface area (Å²) in [6.07, 6.45) is 0.568. The van der Waals surface area contributed by atoms with Crippen LogP contribution in [0.1, 0.15) is 17.5 Å². The van der Waals surface area contributed by atoms with Crippen LogP contribution in [0.4, 0.5) is 5.82 Å². The number of anilines is 1. The fourth-order valence-corrected chi connectivity index (χ4v) is 4.09. The van der Waals surface area contributed by atoms with Gasteiger partial charge in [-0.05, 0) is 24.1 Å². The molecule has 2 aromatic rings. The second-order valence-electron chi connectivity index (χ2n) is 6.79. The van der Waals surface area contributed by atoms with E-state index < -0.39 is 0 Å². The molecule has 0 spiro atoms. The topological polar surface area (TPSA) is 123 Å². The van der Waals surface area contributed by atoms with Crippen LogP contribution >= 0.6 is 11.8 Å². The first-order valence-electron chi connectivity index (χ1n) is 9.54. The maximum absolute atomic E-state index is 9.87. The predicted molar refractivity (Wildman–Crippen MR) is 110 cm³/mol. The van der Waals surface area contributed by atoms with E-state index in [4.69, 9.17) is 24.7 Å². The summed E-state index contributed by atoms with van der Waals surface area (Å²) in [6.45, 7) is 2.45. The van der Waals surface area contributed by atoms with Crippen LogP contribution in [0.25, 0.3) is 11.1 Å². The average molecular weight is 424 g/mol. The number of nitrogen functional groups attached to an aromatic ring is 1. The Morgan fingerprint density at radius 3 is 2.40 bits per heavy atom. The summed E-state index contributed by atoms with van der Waals surface area (Å²) >= 11 is 1.33. The Morgan fingerprint density at radius 1 is 1.10 bits per heavy atom. The third-order valence-electron chi connectivity index (χ3n) is 4.72. The number of benzene rings is 1. The van der Waals surface area contributed by atoms with Crippen molar-refractivity contribution in [2.45, 2.75) is 23.8 Å². The van der Waals surface area contributed by atoms with Crippen LogP contribution in [0.15, 0.2) is 29.3 Å². The Hall–Kier alpha value is -2.82. The molecule has 0 saturated carbocycles. The highest BCUT2D eigenvalue weighted by molar-refractivity contribution is 7.99. The molecule has 0 radical (unpaired) electrons. The van der Waals surface area contributed by atoms with E-state index in [0.717, 1.165) is 6.42 Å². The molecule has 0 bridgehead atoms. The molecule has 0 aliphatic carbocycles. The third kappa shape index (κ3) is 4.35. The zero-order valence-electron chi connectivity index (χ0n) is 16.2. The maximum atomic E-state index is 9.87. The van der Waals surface area contributed by atoms with Gasteiger partial charge in [0, 0.05) is 5.56 Å². The van der Waals surface area contributed by atoms with Gasteiger partial charge in [0.2, 0.25) is 0 Å². The summed E-state index contributed by atoms with van der Waals surface area (Å²) in [5, 5.41) is 20.0. The van der Waals surface area contributed by atoms with Crippen LogP contribution < -0.4 is 10.5 Å². The van der Waals surface area contributed by atoms with Gasteiger partial charge in [0.25, 0.3) is 0 Å². The number of hydrogen-bond donors (Lipinski definition) is 1. The van der Waals surface area contributed by atoms with E-state index in [9.17, 15) is 10.5 Å². The molecule has 30 heavy (non-hydrogen) atoms. The zero-order valence-corrected chi connectivity index (χ0v) is 17.0. The average Bonchev–Trinajstić information content (AvgIpc) is 2.75. The Bertz CT molecular complexity index is 990. The van der Waals surface area contributed by atoms with Gasteiger partial charge < -0.3 is 24.7 Å². The van der Waals surface area contributed by atoms with Gasteiger partial charge in [0.05, 0.1) is 37.7 Å². The first kappa shape index (κ1) is 20.5. The predicted octanol–water partition coefficient (Wildman–Crippen LogP) is 2.71. The molecule has 2 N–H and O–H groups in total. The van der Waals surface area contributed by atoms with Gasteiger partial charge in [0.1, 0.15) is 40.4 Å². The molecule has 0 atom stereocenters. The number of rotatable bonds is 6. The van der Waals surface area contributed by atoms with Crippen molar-refractivity contribution in [3.8, 4) is 29.0 Å². The fraction of sp³-hybridized carbons (Fsp3) is 0.381. The molecule has 2 fully saturated rings. The zero-order chi connectivity index (χ0) is 20.9. The fourth-order valence-electron chi connectivity index (χ4n) is 3.15. The van der Waals surface area contributed by atoms with Crippen LogP contribution in [0.3, 0.4) is 0 Å². The molecule has 2 saturated heterocycles. The number of nitrogens with two attached hydrogens (primary N) is 1. The second-order valence-corrected chi connectivity index (χ2v) is 7.80. The largest absolute Gasteiger partial charge is 0.486 e. The molecule has 3 heterocycles. The van der Waals surface area contributed by atoms with E-state index in [1.54, 1.807) is 0 Å². The van der Waals surface area contributed by atoms with Crippen molar-refractivity contribution in [3.05, 3.63) is 35.4 Å². The molecule has 8 nitrogen and oxygen atoms in total. The minimum Gasteiger partial charge on any atom is -0.486 e. The number of thioether (sulfide) groups is 1. The smallest absolute Gasteiger partial charge is 0.166 e. The highest BCUT2D eigenvalue weighted by Gasteiger charge is 2.23. The van der Waals surface area contributed by atoms with Gasteiger partial charge in [-0.2, -0.15) is 10.5 Å². The van der Waals surface area contributed by atoms with Crippen molar-refractivity contribution < 1.29 is 18.9 Å². The van der Waals surface area contributed by atoms with Crippen molar-refractivity contribution in [3.63, 3.8) is 0 Å². The molecular formula is C21H20N4O4S. The van der Waals surface area contributed by atoms with Gasteiger partial charge in [-0.25, -0.2) is 4.98 Å². The van der Waals surface area contributed by atoms with E-state index in [0.29, 0.717) is 59.6 Å². The lowest BCUT2D eigenvalue weighted by Gasteiger charge is -2.26. The number of ether oxygens (including phenoxy) is 4. The van der Waals surface area contributed by atoms with Crippen LogP contribution in [-0.2, 0) is 14.2 Å². The Balaban J connectivity index is 1.64. The summed E-state index contributed by atoms with van der Waals surface area (Å²) in [7, 11) is 0. The van der Waals surface area contributed by atoms with E-state index in [1.807, 2.05) is 24.3 Å². The summed E-state index contributed by atoms with van der Waals surface area (Å²) < 4.78 is 22.0. The third-order valence-corrected chi connectivity index (χ3v) is 5.73. The number of nitriles is 2. The minimum absolute atomic E-state index is 0.0592. The number of pyridine rings is 1. The molecule has 4 rings (SSSR count). The van der Waals surface area contributed by atoms with Gasteiger partial charge in [-0.1, -0.05) is 23.9 Å². The molecule has 2 aliphatic rings. The van der Waals surface area contributed by atoms with Crippen molar-refractivity contribution in [2.75, 3.05) is 37.9 Å². The number of hydrogen-bond acceptors (Lipinski definition) is 9. The summed E-state index contributed by atoms with van der Waals surface area (Å²) in [4.78, 5) is 4.31. The Morgan fingerprint density at radius 2 is 1.80 bits per heavy atom. The van der Waals surface area contributed by atoms with E-state index in [2.05, 4.69) is 17.1 Å². The van der Waals surface area contributed by atoms with Gasteiger partial charge >= 0.3 is 0 Å². The maximum Gasteiger partial charge on any atom is 0.166 e. The highest BCUT2D eigenvalue weighted by Crippen LogP contribution is 2.36. The van der Waals surface area contributed by atoms with E-state index in [1.165, 1.54) is 11.8 Å². The van der Waals surface area contributed by atoms with Crippen LogP contribution in [-0.4, -0.2) is 49.6 Å². The molecule has 0 amide bonds. The molecule has 1 aromatic heterocycles. The molecular weight excluding hydrogens is 404 g/mol. The second kappa shape index (κ2) is 9.33. The SMILES string of the molecule is N#Cc1c(N)nc(SCC2OCCCO2)c(C#N)c1-c1ccc(OC2COC2)cc1. The Kier molecular flexibility index (Phi) is 6.36. The molecule has 0 unspecified atom stereocenters. The molecule has 154 valence electrons. The van der Waals surface area contributed by atoms with Crippen molar-refractivity contribution in [2.24, 2.45) is 0 Å². The van der Waals surface area contributed by atoms with Gasteiger partial charge in [-0.15, -0.1) is 0 Å². The van der Waals surface area contributed by atoms with Crippen molar-refractivity contribution in [1.82, 2.24) is 4.98 Å². The van der Waals surface area contributed by atoms with Crippen molar-refractivity contribution >= 4 is 17.6 Å². The first-order valence-corrected chi connectivity index (χ1v) is 10.5. The lowest BCUT2D eigenvalue weighted by molar-refractivity contribution is -0.164. The van der Waals surface area contributed by atoms with Crippen LogP contribution in [0, 0.1) is 22.7 Å². The van der Waals surface area contributed by atoms with Crippen LogP contribution in [0.2, 0.25) is 0 Å². The van der Waals surface area contributed by atoms with Crippen molar-refractivity contribution in [1.29, 1.82) is 10.5 Å². The summed E-state index contributed by atoms with van der Waals surface area (Å²) in [5.41, 5.74) is 7.72.